The first-order valence-corrected chi connectivity index (χ1v) is 13.4. The van der Waals surface area contributed by atoms with Crippen LogP contribution >= 0.6 is 23.1 Å². The Hall–Kier alpha value is -3.36. The Morgan fingerprint density at radius 1 is 1.14 bits per heavy atom. The maximum absolute atomic E-state index is 13.9. The van der Waals surface area contributed by atoms with E-state index in [1.165, 1.54) is 0 Å². The predicted octanol–water partition coefficient (Wildman–Crippen LogP) is 5.38. The zero-order valence-corrected chi connectivity index (χ0v) is 21.5. The summed E-state index contributed by atoms with van der Waals surface area (Å²) in [5.74, 6) is -0.461. The van der Waals surface area contributed by atoms with Gasteiger partial charge < -0.3 is 5.32 Å². The maximum atomic E-state index is 13.9. The van der Waals surface area contributed by atoms with Crippen molar-refractivity contribution in [3.8, 4) is 10.6 Å². The highest BCUT2D eigenvalue weighted by molar-refractivity contribution is 7.98. The van der Waals surface area contributed by atoms with Crippen molar-refractivity contribution in [3.63, 3.8) is 0 Å². The molecule has 0 radical (unpaired) electrons. The number of benzene rings is 2. The number of fused-ring (bicyclic) bond motifs is 1. The van der Waals surface area contributed by atoms with Crippen LogP contribution in [0.2, 0.25) is 0 Å². The van der Waals surface area contributed by atoms with Crippen LogP contribution in [0, 0.1) is 6.92 Å². The summed E-state index contributed by atoms with van der Waals surface area (Å²) in [7, 11) is 0. The number of nitrogens with zero attached hydrogens (tertiary/aromatic N) is 3. The summed E-state index contributed by atoms with van der Waals surface area (Å²) < 4.78 is 1.68. The zero-order chi connectivity index (χ0) is 24.6. The Kier molecular flexibility index (Phi) is 6.25. The number of thioether (sulfide) groups is 1. The van der Waals surface area contributed by atoms with Crippen LogP contribution in [-0.2, 0) is 17.9 Å². The van der Waals surface area contributed by atoms with Crippen LogP contribution in [0.3, 0.4) is 0 Å². The third kappa shape index (κ3) is 4.39. The molecule has 178 valence electrons. The van der Waals surface area contributed by atoms with E-state index in [1.54, 1.807) is 32.7 Å². The third-order valence-corrected chi connectivity index (χ3v) is 7.92. The van der Waals surface area contributed by atoms with Gasteiger partial charge in [0.15, 0.2) is 0 Å². The molecule has 4 aromatic rings. The molecule has 0 fully saturated rings. The minimum Gasteiger partial charge on any atom is -0.350 e. The number of hydrogen-bond donors (Lipinski definition) is 1. The van der Waals surface area contributed by atoms with Gasteiger partial charge in [0.25, 0.3) is 5.91 Å². The predicted molar refractivity (Wildman–Crippen MR) is 142 cm³/mol. The second-order valence-corrected chi connectivity index (χ2v) is 10.7. The van der Waals surface area contributed by atoms with Gasteiger partial charge in [0.05, 0.1) is 11.4 Å². The second kappa shape index (κ2) is 9.36. The van der Waals surface area contributed by atoms with E-state index in [2.05, 4.69) is 5.32 Å². The Morgan fingerprint density at radius 2 is 1.94 bits per heavy atom. The highest BCUT2D eigenvalue weighted by atomic mass is 32.2. The molecule has 2 aromatic heterocycles. The van der Waals surface area contributed by atoms with Gasteiger partial charge in [0, 0.05) is 17.1 Å². The van der Waals surface area contributed by atoms with E-state index in [0.717, 1.165) is 26.6 Å². The SMILES string of the molecule is CSc1cccc(N2C(=O)c3cc(-c4cccs4)nn3C[C@]2(C)C(=O)NCc2ccc(C)cc2)c1. The number of rotatable bonds is 6. The third-order valence-electron chi connectivity index (χ3n) is 6.30. The van der Waals surface area contributed by atoms with Crippen molar-refractivity contribution in [2.75, 3.05) is 11.2 Å². The smallest absolute Gasteiger partial charge is 0.277 e. The highest BCUT2D eigenvalue weighted by Crippen LogP contribution is 2.36. The number of amides is 2. The molecule has 3 heterocycles. The first kappa shape index (κ1) is 23.4. The van der Waals surface area contributed by atoms with Crippen molar-refractivity contribution in [2.45, 2.75) is 37.4 Å². The molecule has 1 aliphatic rings. The number of carbonyl (C=O) groups excluding carboxylic acids is 2. The lowest BCUT2D eigenvalue weighted by Gasteiger charge is -2.43. The molecule has 0 aliphatic carbocycles. The summed E-state index contributed by atoms with van der Waals surface area (Å²) in [4.78, 5) is 31.3. The van der Waals surface area contributed by atoms with E-state index in [9.17, 15) is 9.59 Å². The van der Waals surface area contributed by atoms with E-state index >= 15 is 0 Å². The standard InChI is InChI=1S/C27H26N4O2S2/c1-18-9-11-19(12-10-18)16-28-26(33)27(2)17-30-23(15-22(29-30)24-8-5-13-35-24)25(32)31(27)20-6-4-7-21(14-20)34-3/h4-15H,16-17H2,1-3H3,(H,28,33)/t27-/m1/s1. The largest absolute Gasteiger partial charge is 0.350 e. The maximum Gasteiger partial charge on any atom is 0.277 e. The van der Waals surface area contributed by atoms with Crippen LogP contribution in [0.5, 0.6) is 0 Å². The number of nitrogens with one attached hydrogen (secondary N) is 1. The van der Waals surface area contributed by atoms with Crippen LogP contribution in [0.25, 0.3) is 10.6 Å². The molecular formula is C27H26N4O2S2. The Labute approximate surface area is 213 Å². The van der Waals surface area contributed by atoms with Crippen LogP contribution in [0.4, 0.5) is 5.69 Å². The number of carbonyl (C=O) groups is 2. The van der Waals surface area contributed by atoms with Crippen molar-refractivity contribution in [3.05, 3.63) is 88.9 Å². The molecule has 0 spiro atoms. The van der Waals surface area contributed by atoms with Crippen LogP contribution in [-0.4, -0.2) is 33.4 Å². The van der Waals surface area contributed by atoms with E-state index < -0.39 is 5.54 Å². The molecular weight excluding hydrogens is 476 g/mol. The summed E-state index contributed by atoms with van der Waals surface area (Å²) in [5.41, 5.74) is 2.92. The first-order chi connectivity index (χ1) is 16.9. The number of aromatic nitrogens is 2. The number of aryl methyl sites for hydroxylation is 1. The average molecular weight is 503 g/mol. The molecule has 8 heteroatoms. The lowest BCUT2D eigenvalue weighted by Crippen LogP contribution is -2.64. The minimum atomic E-state index is -1.16. The molecule has 0 saturated heterocycles. The molecule has 0 saturated carbocycles. The zero-order valence-electron chi connectivity index (χ0n) is 19.8. The van der Waals surface area contributed by atoms with E-state index in [4.69, 9.17) is 5.10 Å². The van der Waals surface area contributed by atoms with Gasteiger partial charge in [-0.05, 0) is 61.4 Å². The Morgan fingerprint density at radius 3 is 2.66 bits per heavy atom. The van der Waals surface area contributed by atoms with Gasteiger partial charge in [-0.3, -0.25) is 19.2 Å². The molecule has 1 atom stereocenters. The topological polar surface area (TPSA) is 67.2 Å². The van der Waals surface area contributed by atoms with Gasteiger partial charge in [-0.25, -0.2) is 0 Å². The number of anilines is 1. The van der Waals surface area contributed by atoms with Crippen LogP contribution < -0.4 is 10.2 Å². The van der Waals surface area contributed by atoms with E-state index in [0.29, 0.717) is 17.9 Å². The van der Waals surface area contributed by atoms with Gasteiger partial charge in [0.1, 0.15) is 16.9 Å². The number of thiophene rings is 1. The second-order valence-electron chi connectivity index (χ2n) is 8.83. The normalized spacial score (nSPS) is 17.3. The van der Waals surface area contributed by atoms with Crippen LogP contribution in [0.1, 0.15) is 28.5 Å². The summed E-state index contributed by atoms with van der Waals surface area (Å²) in [6.07, 6.45) is 1.99. The van der Waals surface area contributed by atoms with Gasteiger partial charge in [-0.15, -0.1) is 23.1 Å². The van der Waals surface area contributed by atoms with Crippen molar-refractivity contribution in [2.24, 2.45) is 0 Å². The molecule has 2 amide bonds. The van der Waals surface area contributed by atoms with Crippen molar-refractivity contribution in [1.82, 2.24) is 15.1 Å². The fourth-order valence-corrected chi connectivity index (χ4v) is 5.49. The summed E-state index contributed by atoms with van der Waals surface area (Å²) >= 11 is 3.17. The van der Waals surface area contributed by atoms with Crippen molar-refractivity contribution >= 4 is 40.6 Å². The van der Waals surface area contributed by atoms with E-state index in [-0.39, 0.29) is 18.4 Å². The molecule has 0 unspecified atom stereocenters. The van der Waals surface area contributed by atoms with Crippen molar-refractivity contribution in [1.29, 1.82) is 0 Å². The van der Waals surface area contributed by atoms with Gasteiger partial charge >= 0.3 is 0 Å². The molecule has 5 rings (SSSR count). The molecule has 1 N–H and O–H groups in total. The first-order valence-electron chi connectivity index (χ1n) is 11.3. The fraction of sp³-hybridized carbons (Fsp3) is 0.222. The molecule has 35 heavy (non-hydrogen) atoms. The van der Waals surface area contributed by atoms with Crippen LogP contribution in [0.15, 0.2) is 77.0 Å². The Bertz CT molecular complexity index is 1380. The molecule has 2 aromatic carbocycles. The highest BCUT2D eigenvalue weighted by Gasteiger charge is 2.49. The van der Waals surface area contributed by atoms with E-state index in [1.807, 2.05) is 92.2 Å². The Balaban J connectivity index is 1.53. The molecule has 6 nitrogen and oxygen atoms in total. The molecule has 0 bridgehead atoms. The summed E-state index contributed by atoms with van der Waals surface area (Å²) in [5, 5.41) is 9.76. The number of hydrogen-bond acceptors (Lipinski definition) is 5. The van der Waals surface area contributed by atoms with Crippen molar-refractivity contribution < 1.29 is 9.59 Å². The summed E-state index contributed by atoms with van der Waals surface area (Å²) in [6, 6.07) is 21.6. The monoisotopic (exact) mass is 502 g/mol. The lowest BCUT2D eigenvalue weighted by molar-refractivity contribution is -0.126. The molecule has 1 aliphatic heterocycles. The fourth-order valence-electron chi connectivity index (χ4n) is 4.36. The quantitative estimate of drug-likeness (QED) is 0.360. The van der Waals surface area contributed by atoms with Gasteiger partial charge in [-0.1, -0.05) is 42.0 Å². The van der Waals surface area contributed by atoms with Gasteiger partial charge in [0.2, 0.25) is 5.91 Å². The summed E-state index contributed by atoms with van der Waals surface area (Å²) in [6.45, 7) is 4.48. The lowest BCUT2D eigenvalue weighted by atomic mass is 9.93. The van der Waals surface area contributed by atoms with Gasteiger partial charge in [-0.2, -0.15) is 5.10 Å². The minimum absolute atomic E-state index is 0.222. The average Bonchev–Trinajstić information content (AvgIpc) is 3.54.